The molecule has 0 amide bonds. The fourth-order valence-corrected chi connectivity index (χ4v) is 1.25. The van der Waals surface area contributed by atoms with Crippen LogP contribution in [0, 0.1) is 5.92 Å². The third-order valence-electron chi connectivity index (χ3n) is 1.95. The molecule has 0 bridgehead atoms. The molecule has 10 heavy (non-hydrogen) atoms. The van der Waals surface area contributed by atoms with Gasteiger partial charge in [0, 0.05) is 0 Å². The second-order valence-corrected chi connectivity index (χ2v) is 2.80. The van der Waals surface area contributed by atoms with Crippen LogP contribution < -0.4 is 0 Å². The standard InChI is InChI=1S/C8H14O2/c1-2-3-4-7-5-6-10-8(7)9/h7H,2-6H2,1H3/t7-/m0/s1. The van der Waals surface area contributed by atoms with Gasteiger partial charge in [0.15, 0.2) is 0 Å². The third-order valence-corrected chi connectivity index (χ3v) is 1.95. The van der Waals surface area contributed by atoms with E-state index in [0.717, 1.165) is 19.3 Å². The monoisotopic (exact) mass is 142 g/mol. The molecule has 0 N–H and O–H groups in total. The SMILES string of the molecule is CCCC[C@H]1CCOC1=O. The molecule has 0 spiro atoms. The normalized spacial score (nSPS) is 24.9. The molecule has 1 saturated heterocycles. The Balaban J connectivity index is 2.20. The number of hydrogen-bond acceptors (Lipinski definition) is 2. The van der Waals surface area contributed by atoms with E-state index < -0.39 is 0 Å². The summed E-state index contributed by atoms with van der Waals surface area (Å²) in [6.07, 6.45) is 4.29. The first-order valence-corrected chi connectivity index (χ1v) is 4.01. The van der Waals surface area contributed by atoms with Gasteiger partial charge in [-0.05, 0) is 12.8 Å². The number of carbonyl (C=O) groups is 1. The van der Waals surface area contributed by atoms with Crippen molar-refractivity contribution in [3.8, 4) is 0 Å². The predicted octanol–water partition coefficient (Wildman–Crippen LogP) is 1.74. The van der Waals surface area contributed by atoms with Crippen LogP contribution in [0.2, 0.25) is 0 Å². The quantitative estimate of drug-likeness (QED) is 0.561. The second kappa shape index (κ2) is 3.59. The number of cyclic esters (lactones) is 1. The van der Waals surface area contributed by atoms with Gasteiger partial charge in [0.05, 0.1) is 12.5 Å². The molecule has 1 atom stereocenters. The van der Waals surface area contributed by atoms with Gasteiger partial charge in [0.1, 0.15) is 0 Å². The van der Waals surface area contributed by atoms with E-state index in [-0.39, 0.29) is 11.9 Å². The van der Waals surface area contributed by atoms with E-state index in [9.17, 15) is 4.79 Å². The van der Waals surface area contributed by atoms with E-state index in [2.05, 4.69) is 6.92 Å². The zero-order chi connectivity index (χ0) is 7.40. The highest BCUT2D eigenvalue weighted by atomic mass is 16.5. The van der Waals surface area contributed by atoms with Gasteiger partial charge in [-0.1, -0.05) is 19.8 Å². The van der Waals surface area contributed by atoms with Crippen LogP contribution in [-0.4, -0.2) is 12.6 Å². The largest absolute Gasteiger partial charge is 0.465 e. The first kappa shape index (κ1) is 7.58. The Bertz CT molecular complexity index is 120. The highest BCUT2D eigenvalue weighted by Crippen LogP contribution is 2.19. The van der Waals surface area contributed by atoms with Gasteiger partial charge in [-0.3, -0.25) is 4.79 Å². The summed E-state index contributed by atoms with van der Waals surface area (Å²) in [4.78, 5) is 10.9. The lowest BCUT2D eigenvalue weighted by atomic mass is 10.0. The molecule has 0 aromatic carbocycles. The number of ether oxygens (including phenoxy) is 1. The van der Waals surface area contributed by atoms with Crippen molar-refractivity contribution < 1.29 is 9.53 Å². The molecule has 58 valence electrons. The van der Waals surface area contributed by atoms with Gasteiger partial charge in [0.25, 0.3) is 0 Å². The van der Waals surface area contributed by atoms with Crippen LogP contribution in [0.15, 0.2) is 0 Å². The molecule has 0 radical (unpaired) electrons. The second-order valence-electron chi connectivity index (χ2n) is 2.80. The van der Waals surface area contributed by atoms with Gasteiger partial charge < -0.3 is 4.74 Å². The van der Waals surface area contributed by atoms with E-state index >= 15 is 0 Å². The van der Waals surface area contributed by atoms with Crippen molar-refractivity contribution >= 4 is 5.97 Å². The van der Waals surface area contributed by atoms with Crippen LogP contribution in [-0.2, 0) is 9.53 Å². The van der Waals surface area contributed by atoms with Gasteiger partial charge in [0.2, 0.25) is 0 Å². The van der Waals surface area contributed by atoms with Gasteiger partial charge >= 0.3 is 5.97 Å². The number of unbranched alkanes of at least 4 members (excludes halogenated alkanes) is 1. The summed E-state index contributed by atoms with van der Waals surface area (Å²) in [6.45, 7) is 2.79. The Kier molecular flexibility index (Phi) is 2.72. The van der Waals surface area contributed by atoms with Gasteiger partial charge in [-0.15, -0.1) is 0 Å². The molecule has 0 aromatic rings. The van der Waals surface area contributed by atoms with Crippen LogP contribution in [0.1, 0.15) is 32.6 Å². The molecule has 1 heterocycles. The van der Waals surface area contributed by atoms with Crippen LogP contribution in [0.3, 0.4) is 0 Å². The van der Waals surface area contributed by atoms with Crippen LogP contribution in [0.4, 0.5) is 0 Å². The fraction of sp³-hybridized carbons (Fsp3) is 0.875. The average molecular weight is 142 g/mol. The van der Waals surface area contributed by atoms with Crippen molar-refractivity contribution in [3.05, 3.63) is 0 Å². The third kappa shape index (κ3) is 1.72. The molecular weight excluding hydrogens is 128 g/mol. The molecule has 1 aliphatic heterocycles. The summed E-state index contributed by atoms with van der Waals surface area (Å²) in [5, 5.41) is 0. The van der Waals surface area contributed by atoms with Crippen LogP contribution in [0.25, 0.3) is 0 Å². The fourth-order valence-electron chi connectivity index (χ4n) is 1.25. The van der Waals surface area contributed by atoms with Crippen LogP contribution >= 0.6 is 0 Å². The summed E-state index contributed by atoms with van der Waals surface area (Å²) in [5.74, 6) is 0.244. The van der Waals surface area contributed by atoms with E-state index in [1.54, 1.807) is 0 Å². The van der Waals surface area contributed by atoms with E-state index in [4.69, 9.17) is 4.74 Å². The van der Waals surface area contributed by atoms with Crippen molar-refractivity contribution in [2.45, 2.75) is 32.6 Å². The van der Waals surface area contributed by atoms with Crippen molar-refractivity contribution in [3.63, 3.8) is 0 Å². The predicted molar refractivity (Wildman–Crippen MR) is 38.6 cm³/mol. The maximum atomic E-state index is 10.9. The van der Waals surface area contributed by atoms with Gasteiger partial charge in [-0.25, -0.2) is 0 Å². The molecule has 1 fully saturated rings. The van der Waals surface area contributed by atoms with Gasteiger partial charge in [-0.2, -0.15) is 0 Å². The Hall–Kier alpha value is -0.530. The minimum atomic E-state index is 0.0217. The number of carbonyl (C=O) groups excluding carboxylic acids is 1. The first-order valence-electron chi connectivity index (χ1n) is 4.01. The summed E-state index contributed by atoms with van der Waals surface area (Å²) in [7, 11) is 0. The summed E-state index contributed by atoms with van der Waals surface area (Å²) in [6, 6.07) is 0. The molecule has 0 unspecified atom stereocenters. The zero-order valence-corrected chi connectivity index (χ0v) is 6.43. The summed E-state index contributed by atoms with van der Waals surface area (Å²) >= 11 is 0. The highest BCUT2D eigenvalue weighted by molar-refractivity contribution is 5.73. The minimum Gasteiger partial charge on any atom is -0.465 e. The molecule has 2 nitrogen and oxygen atoms in total. The number of hydrogen-bond donors (Lipinski definition) is 0. The zero-order valence-electron chi connectivity index (χ0n) is 6.43. The molecular formula is C8H14O2. The molecule has 2 heteroatoms. The lowest BCUT2D eigenvalue weighted by Gasteiger charge is -2.01. The summed E-state index contributed by atoms with van der Waals surface area (Å²) in [5.41, 5.74) is 0. The van der Waals surface area contributed by atoms with Crippen molar-refractivity contribution in [2.24, 2.45) is 5.92 Å². The maximum absolute atomic E-state index is 10.9. The topological polar surface area (TPSA) is 26.3 Å². The Morgan fingerprint density at radius 2 is 2.50 bits per heavy atom. The Labute approximate surface area is 61.6 Å². The van der Waals surface area contributed by atoms with Crippen molar-refractivity contribution in [2.75, 3.05) is 6.61 Å². The first-order chi connectivity index (χ1) is 4.84. The van der Waals surface area contributed by atoms with Crippen molar-refractivity contribution in [1.82, 2.24) is 0 Å². The molecule has 0 aliphatic carbocycles. The van der Waals surface area contributed by atoms with Crippen molar-refractivity contribution in [1.29, 1.82) is 0 Å². The highest BCUT2D eigenvalue weighted by Gasteiger charge is 2.24. The molecule has 0 aromatic heterocycles. The smallest absolute Gasteiger partial charge is 0.309 e. The average Bonchev–Trinajstić information content (AvgIpc) is 2.31. The molecule has 0 saturated carbocycles. The lowest BCUT2D eigenvalue weighted by molar-refractivity contribution is -0.141. The number of rotatable bonds is 3. The molecule has 1 rings (SSSR count). The minimum absolute atomic E-state index is 0.0217. The van der Waals surface area contributed by atoms with E-state index in [0.29, 0.717) is 6.61 Å². The summed E-state index contributed by atoms with van der Waals surface area (Å²) < 4.78 is 4.82. The van der Waals surface area contributed by atoms with Crippen LogP contribution in [0.5, 0.6) is 0 Å². The lowest BCUT2D eigenvalue weighted by Crippen LogP contribution is -2.06. The van der Waals surface area contributed by atoms with E-state index in [1.807, 2.05) is 0 Å². The van der Waals surface area contributed by atoms with E-state index in [1.165, 1.54) is 6.42 Å². The maximum Gasteiger partial charge on any atom is 0.309 e. The Morgan fingerprint density at radius 3 is 3.00 bits per heavy atom. The number of esters is 1. The molecule has 1 aliphatic rings. The Morgan fingerprint density at radius 1 is 1.70 bits per heavy atom.